The van der Waals surface area contributed by atoms with Crippen LogP contribution in [0.3, 0.4) is 0 Å². The van der Waals surface area contributed by atoms with E-state index in [4.69, 9.17) is 0 Å². The molecule has 0 saturated carbocycles. The predicted octanol–water partition coefficient (Wildman–Crippen LogP) is 3.50. The molecule has 104 valence electrons. The molecule has 1 aliphatic rings. The number of hydrogen-bond acceptors (Lipinski definition) is 2. The third-order valence-corrected chi connectivity index (χ3v) is 3.84. The molecule has 1 N–H and O–H groups in total. The summed E-state index contributed by atoms with van der Waals surface area (Å²) in [6, 6.07) is 4.14. The average molecular weight is 260 g/mol. The van der Waals surface area contributed by atoms with Crippen molar-refractivity contribution in [3.05, 3.63) is 23.3 Å². The summed E-state index contributed by atoms with van der Waals surface area (Å²) < 4.78 is 0. The van der Waals surface area contributed by atoms with Crippen LogP contribution in [0.15, 0.2) is 12.1 Å². The van der Waals surface area contributed by atoms with E-state index in [1.807, 2.05) is 11.8 Å². The first-order chi connectivity index (χ1) is 8.90. The van der Waals surface area contributed by atoms with Crippen LogP contribution in [0.5, 0.6) is 0 Å². The molecule has 19 heavy (non-hydrogen) atoms. The van der Waals surface area contributed by atoms with Gasteiger partial charge in [-0.1, -0.05) is 13.8 Å². The van der Waals surface area contributed by atoms with Gasteiger partial charge in [0.15, 0.2) is 0 Å². The zero-order valence-corrected chi connectivity index (χ0v) is 12.6. The van der Waals surface area contributed by atoms with E-state index in [0.29, 0.717) is 5.92 Å². The van der Waals surface area contributed by atoms with Crippen molar-refractivity contribution >= 4 is 17.3 Å². The van der Waals surface area contributed by atoms with Gasteiger partial charge in [0.1, 0.15) is 6.04 Å². The Morgan fingerprint density at radius 1 is 1.26 bits per heavy atom. The molecule has 3 nitrogen and oxygen atoms in total. The molecule has 0 aliphatic carbocycles. The normalized spacial score (nSPS) is 18.5. The van der Waals surface area contributed by atoms with E-state index in [1.165, 1.54) is 11.1 Å². The van der Waals surface area contributed by atoms with Crippen LogP contribution in [-0.4, -0.2) is 18.5 Å². The number of nitrogens with one attached hydrogen (secondary N) is 1. The number of carbonyl (C=O) groups excluding carboxylic acids is 1. The van der Waals surface area contributed by atoms with Gasteiger partial charge in [-0.25, -0.2) is 0 Å². The van der Waals surface area contributed by atoms with E-state index in [-0.39, 0.29) is 11.9 Å². The molecule has 1 aromatic rings. The minimum absolute atomic E-state index is 0.137. The zero-order valence-electron chi connectivity index (χ0n) is 12.6. The van der Waals surface area contributed by atoms with Crippen LogP contribution >= 0.6 is 0 Å². The van der Waals surface area contributed by atoms with Crippen molar-refractivity contribution in [3.8, 4) is 0 Å². The van der Waals surface area contributed by atoms with Crippen LogP contribution in [0.1, 0.15) is 38.3 Å². The highest BCUT2D eigenvalue weighted by molar-refractivity contribution is 6.04. The number of fused-ring (bicyclic) bond motifs is 1. The van der Waals surface area contributed by atoms with E-state index in [1.54, 1.807) is 0 Å². The lowest BCUT2D eigenvalue weighted by Crippen LogP contribution is -2.46. The highest BCUT2D eigenvalue weighted by Crippen LogP contribution is 2.34. The number of nitrogens with zero attached hydrogens (tertiary/aromatic N) is 1. The fraction of sp³-hybridized carbons (Fsp3) is 0.562. The summed E-state index contributed by atoms with van der Waals surface area (Å²) in [5.41, 5.74) is 4.61. The molecule has 0 spiro atoms. The lowest BCUT2D eigenvalue weighted by atomic mass is 10.0. The van der Waals surface area contributed by atoms with Gasteiger partial charge in [0.05, 0.1) is 11.4 Å². The Morgan fingerprint density at radius 3 is 2.53 bits per heavy atom. The molecule has 1 aliphatic heterocycles. The fourth-order valence-electron chi connectivity index (χ4n) is 2.41. The number of rotatable bonds is 3. The average Bonchev–Trinajstić information content (AvgIpc) is 2.32. The lowest BCUT2D eigenvalue weighted by molar-refractivity contribution is -0.119. The maximum Gasteiger partial charge on any atom is 0.249 e. The molecule has 0 bridgehead atoms. The molecule has 1 atom stereocenters. The Bertz CT molecular complexity index is 494. The quantitative estimate of drug-likeness (QED) is 0.902. The third kappa shape index (κ3) is 2.75. The van der Waals surface area contributed by atoms with Gasteiger partial charge in [-0.2, -0.15) is 0 Å². The standard InChI is InChI=1S/C16H24N2O/c1-10(2)6-7-18-15-9-12(4)11(3)8-14(15)17-13(5)16(18)19/h8-10,13,17H,6-7H2,1-5H3. The first-order valence-electron chi connectivity index (χ1n) is 7.09. The molecule has 0 radical (unpaired) electrons. The van der Waals surface area contributed by atoms with Crippen LogP contribution in [0, 0.1) is 19.8 Å². The second kappa shape index (κ2) is 5.24. The van der Waals surface area contributed by atoms with E-state index < -0.39 is 0 Å². The Labute approximate surface area is 116 Å². The van der Waals surface area contributed by atoms with Crippen molar-refractivity contribution in [2.24, 2.45) is 5.92 Å². The van der Waals surface area contributed by atoms with Gasteiger partial charge in [-0.3, -0.25) is 4.79 Å². The first kappa shape index (κ1) is 13.9. The van der Waals surface area contributed by atoms with E-state index in [9.17, 15) is 4.79 Å². The number of anilines is 2. The van der Waals surface area contributed by atoms with Gasteiger partial charge >= 0.3 is 0 Å². The van der Waals surface area contributed by atoms with Crippen molar-refractivity contribution < 1.29 is 4.79 Å². The maximum atomic E-state index is 12.4. The van der Waals surface area contributed by atoms with Gasteiger partial charge in [0.2, 0.25) is 5.91 Å². The molecule has 1 aromatic carbocycles. The third-order valence-electron chi connectivity index (χ3n) is 3.84. The zero-order chi connectivity index (χ0) is 14.2. The van der Waals surface area contributed by atoms with Crippen molar-refractivity contribution in [2.45, 2.75) is 47.1 Å². The van der Waals surface area contributed by atoms with Gasteiger partial charge in [-0.05, 0) is 56.4 Å². The Kier molecular flexibility index (Phi) is 3.83. The minimum atomic E-state index is -0.137. The summed E-state index contributed by atoms with van der Waals surface area (Å²) in [6.45, 7) is 11.3. The van der Waals surface area contributed by atoms with Gasteiger partial charge in [0, 0.05) is 6.54 Å². The number of hydrogen-bond donors (Lipinski definition) is 1. The second-order valence-corrected chi connectivity index (χ2v) is 5.99. The van der Waals surface area contributed by atoms with E-state index in [0.717, 1.165) is 24.3 Å². The Hall–Kier alpha value is -1.51. The largest absolute Gasteiger partial charge is 0.372 e. The summed E-state index contributed by atoms with van der Waals surface area (Å²) in [4.78, 5) is 14.3. The lowest BCUT2D eigenvalue weighted by Gasteiger charge is -2.35. The number of carbonyl (C=O) groups is 1. The van der Waals surface area contributed by atoms with Gasteiger partial charge in [0.25, 0.3) is 0 Å². The molecule has 0 saturated heterocycles. The Morgan fingerprint density at radius 2 is 1.89 bits per heavy atom. The van der Waals surface area contributed by atoms with Crippen LogP contribution in [0.25, 0.3) is 0 Å². The molecular formula is C16H24N2O. The summed E-state index contributed by atoms with van der Waals surface area (Å²) in [5, 5.41) is 3.30. The molecule has 1 amide bonds. The van der Waals surface area contributed by atoms with Gasteiger partial charge in [-0.15, -0.1) is 0 Å². The predicted molar refractivity (Wildman–Crippen MR) is 80.8 cm³/mol. The fourth-order valence-corrected chi connectivity index (χ4v) is 2.41. The molecule has 1 unspecified atom stereocenters. The first-order valence-corrected chi connectivity index (χ1v) is 7.09. The maximum absolute atomic E-state index is 12.4. The van der Waals surface area contributed by atoms with Crippen LogP contribution in [-0.2, 0) is 4.79 Å². The van der Waals surface area contributed by atoms with E-state index in [2.05, 4.69) is 45.1 Å². The summed E-state index contributed by atoms with van der Waals surface area (Å²) in [5.74, 6) is 0.782. The van der Waals surface area contributed by atoms with Crippen molar-refractivity contribution in [3.63, 3.8) is 0 Å². The monoisotopic (exact) mass is 260 g/mol. The molecule has 2 rings (SSSR count). The molecule has 0 aromatic heterocycles. The van der Waals surface area contributed by atoms with E-state index >= 15 is 0 Å². The molecule has 0 fully saturated rings. The number of amides is 1. The van der Waals surface area contributed by atoms with Crippen LogP contribution in [0.2, 0.25) is 0 Å². The summed E-state index contributed by atoms with van der Waals surface area (Å²) in [6.07, 6.45) is 1.03. The van der Waals surface area contributed by atoms with Crippen molar-refractivity contribution in [1.82, 2.24) is 0 Å². The number of benzene rings is 1. The number of aryl methyl sites for hydroxylation is 2. The SMILES string of the molecule is Cc1cc2c(cc1C)N(CCC(C)C)C(=O)C(C)N2. The highest BCUT2D eigenvalue weighted by atomic mass is 16.2. The summed E-state index contributed by atoms with van der Waals surface area (Å²) in [7, 11) is 0. The minimum Gasteiger partial charge on any atom is -0.372 e. The second-order valence-electron chi connectivity index (χ2n) is 5.99. The molecule has 3 heteroatoms. The molecular weight excluding hydrogens is 236 g/mol. The Balaban J connectivity index is 2.37. The highest BCUT2D eigenvalue weighted by Gasteiger charge is 2.29. The van der Waals surface area contributed by atoms with Crippen molar-refractivity contribution in [1.29, 1.82) is 0 Å². The van der Waals surface area contributed by atoms with Crippen molar-refractivity contribution in [2.75, 3.05) is 16.8 Å². The summed E-state index contributed by atoms with van der Waals surface area (Å²) >= 11 is 0. The topological polar surface area (TPSA) is 32.3 Å². The van der Waals surface area contributed by atoms with Gasteiger partial charge < -0.3 is 10.2 Å². The smallest absolute Gasteiger partial charge is 0.249 e. The van der Waals surface area contributed by atoms with Crippen LogP contribution in [0.4, 0.5) is 11.4 Å². The molecule has 1 heterocycles. The van der Waals surface area contributed by atoms with Crippen LogP contribution < -0.4 is 10.2 Å².